The van der Waals surface area contributed by atoms with Crippen molar-refractivity contribution in [3.05, 3.63) is 10.1 Å². The number of methoxy groups -OCH3 is 3. The van der Waals surface area contributed by atoms with Crippen molar-refractivity contribution < 1.29 is 23.9 Å². The summed E-state index contributed by atoms with van der Waals surface area (Å²) in [5.74, 6) is -0.979. The van der Waals surface area contributed by atoms with Gasteiger partial charge < -0.3 is 14.2 Å². The summed E-state index contributed by atoms with van der Waals surface area (Å²) < 4.78 is 14.3. The first-order valence-corrected chi connectivity index (χ1v) is 5.23. The molecule has 7 nitrogen and oxygen atoms in total. The Hall–Kier alpha value is -1.21. The Balaban J connectivity index is 4.43. The van der Waals surface area contributed by atoms with E-state index >= 15 is 0 Å². The topological polar surface area (TPSA) is 87.9 Å². The number of esters is 1. The molecule has 0 fully saturated rings. The van der Waals surface area contributed by atoms with Crippen LogP contribution in [0.25, 0.3) is 0 Å². The second-order valence-corrected chi connectivity index (χ2v) is 3.74. The second-order valence-electron chi connectivity index (χ2n) is 3.74. The molecular weight excluding hydrogens is 230 g/mol. The Kier molecular flexibility index (Phi) is 7.40. The third-order valence-electron chi connectivity index (χ3n) is 2.52. The molecule has 0 aliphatic heterocycles. The molecule has 0 aromatic rings. The van der Waals surface area contributed by atoms with Crippen molar-refractivity contribution in [1.82, 2.24) is 0 Å². The maximum absolute atomic E-state index is 11.2. The van der Waals surface area contributed by atoms with Gasteiger partial charge in [-0.2, -0.15) is 0 Å². The molecule has 0 saturated heterocycles. The van der Waals surface area contributed by atoms with Crippen LogP contribution in [-0.4, -0.2) is 44.6 Å². The van der Waals surface area contributed by atoms with E-state index in [9.17, 15) is 14.9 Å². The number of nitro groups is 1. The monoisotopic (exact) mass is 249 g/mol. The molecule has 0 aliphatic rings. The minimum atomic E-state index is -0.894. The van der Waals surface area contributed by atoms with Crippen LogP contribution in [0.1, 0.15) is 19.8 Å². The van der Waals surface area contributed by atoms with E-state index in [1.807, 2.05) is 0 Å². The Morgan fingerprint density at radius 3 is 2.12 bits per heavy atom. The molecule has 0 N–H and O–H groups in total. The van der Waals surface area contributed by atoms with Crippen LogP contribution >= 0.6 is 0 Å². The van der Waals surface area contributed by atoms with E-state index in [1.165, 1.54) is 21.3 Å². The quantitative estimate of drug-likeness (QED) is 0.274. The lowest BCUT2D eigenvalue weighted by molar-refractivity contribution is -0.529. The molecule has 0 rings (SSSR count). The van der Waals surface area contributed by atoms with Crippen LogP contribution < -0.4 is 0 Å². The number of carbonyl (C=O) groups is 1. The summed E-state index contributed by atoms with van der Waals surface area (Å²) in [5, 5.41) is 10.9. The van der Waals surface area contributed by atoms with Crippen LogP contribution in [0.2, 0.25) is 0 Å². The summed E-state index contributed by atoms with van der Waals surface area (Å²) in [6, 6.07) is -0.894. The molecule has 17 heavy (non-hydrogen) atoms. The fourth-order valence-electron chi connectivity index (χ4n) is 1.48. The van der Waals surface area contributed by atoms with Crippen LogP contribution in [0.3, 0.4) is 0 Å². The fraction of sp³-hybridized carbons (Fsp3) is 0.900. The summed E-state index contributed by atoms with van der Waals surface area (Å²) in [6.07, 6.45) is -0.445. The van der Waals surface area contributed by atoms with Crippen molar-refractivity contribution in [1.29, 1.82) is 0 Å². The Bertz CT molecular complexity index is 253. The van der Waals surface area contributed by atoms with Gasteiger partial charge in [0, 0.05) is 25.6 Å². The van der Waals surface area contributed by atoms with Crippen LogP contribution in [0.15, 0.2) is 0 Å². The van der Waals surface area contributed by atoms with E-state index in [4.69, 9.17) is 9.47 Å². The number of ether oxygens (including phenoxy) is 3. The highest BCUT2D eigenvalue weighted by Crippen LogP contribution is 2.16. The summed E-state index contributed by atoms with van der Waals surface area (Å²) in [5.41, 5.74) is 0. The summed E-state index contributed by atoms with van der Waals surface area (Å²) in [6.45, 7) is 1.59. The maximum Gasteiger partial charge on any atom is 0.308 e. The SMILES string of the molecule is COC(=O)C(C)CC(CC(OC)OC)[N+](=O)[O-]. The van der Waals surface area contributed by atoms with Gasteiger partial charge in [-0.05, 0) is 0 Å². The fourth-order valence-corrected chi connectivity index (χ4v) is 1.48. The van der Waals surface area contributed by atoms with Crippen molar-refractivity contribution in [3.63, 3.8) is 0 Å². The van der Waals surface area contributed by atoms with Crippen LogP contribution in [0.4, 0.5) is 0 Å². The van der Waals surface area contributed by atoms with Gasteiger partial charge in [-0.3, -0.25) is 14.9 Å². The lowest BCUT2D eigenvalue weighted by atomic mass is 10.00. The zero-order valence-electron chi connectivity index (χ0n) is 10.5. The largest absolute Gasteiger partial charge is 0.469 e. The Labute approximate surface area is 100 Å². The highest BCUT2D eigenvalue weighted by atomic mass is 16.7. The molecule has 0 bridgehead atoms. The number of hydrogen-bond donors (Lipinski definition) is 0. The Morgan fingerprint density at radius 2 is 1.76 bits per heavy atom. The van der Waals surface area contributed by atoms with Gasteiger partial charge in [0.25, 0.3) is 0 Å². The van der Waals surface area contributed by atoms with Gasteiger partial charge in [-0.25, -0.2) is 0 Å². The number of rotatable bonds is 8. The predicted molar refractivity (Wildman–Crippen MR) is 59.0 cm³/mol. The maximum atomic E-state index is 11.2. The average Bonchev–Trinajstić information content (AvgIpc) is 2.32. The van der Waals surface area contributed by atoms with Gasteiger partial charge >= 0.3 is 5.97 Å². The molecule has 0 saturated carbocycles. The minimum Gasteiger partial charge on any atom is -0.469 e. The molecule has 100 valence electrons. The summed E-state index contributed by atoms with van der Waals surface area (Å²) >= 11 is 0. The van der Waals surface area contributed by atoms with Crippen molar-refractivity contribution >= 4 is 5.97 Å². The molecule has 0 radical (unpaired) electrons. The lowest BCUT2D eigenvalue weighted by Gasteiger charge is -2.18. The van der Waals surface area contributed by atoms with Gasteiger partial charge in [-0.1, -0.05) is 6.92 Å². The standard InChI is InChI=1S/C10H19NO6/c1-7(10(12)17-4)5-8(11(13)14)6-9(15-2)16-3/h7-9H,5-6H2,1-4H3. The van der Waals surface area contributed by atoms with Gasteiger partial charge in [-0.15, -0.1) is 0 Å². The van der Waals surface area contributed by atoms with E-state index in [0.717, 1.165) is 0 Å². The van der Waals surface area contributed by atoms with Crippen molar-refractivity contribution in [2.75, 3.05) is 21.3 Å². The molecule has 0 aromatic carbocycles. The zero-order chi connectivity index (χ0) is 13.4. The summed E-state index contributed by atoms with van der Waals surface area (Å²) in [7, 11) is 4.08. The average molecular weight is 249 g/mol. The van der Waals surface area contributed by atoms with Crippen LogP contribution in [0, 0.1) is 16.0 Å². The zero-order valence-corrected chi connectivity index (χ0v) is 10.5. The Morgan fingerprint density at radius 1 is 1.24 bits per heavy atom. The predicted octanol–water partition coefficient (Wildman–Crippen LogP) is 0.840. The first-order valence-electron chi connectivity index (χ1n) is 5.23. The smallest absolute Gasteiger partial charge is 0.308 e. The lowest BCUT2D eigenvalue weighted by Crippen LogP contribution is -2.31. The van der Waals surface area contributed by atoms with Crippen molar-refractivity contribution in [3.8, 4) is 0 Å². The molecular formula is C10H19NO6. The summed E-state index contributed by atoms with van der Waals surface area (Å²) in [4.78, 5) is 21.6. The number of hydrogen-bond acceptors (Lipinski definition) is 6. The molecule has 0 amide bonds. The molecule has 0 spiro atoms. The number of carbonyl (C=O) groups excluding carboxylic acids is 1. The van der Waals surface area contributed by atoms with Crippen molar-refractivity contribution in [2.24, 2.45) is 5.92 Å². The van der Waals surface area contributed by atoms with E-state index in [-0.39, 0.29) is 12.8 Å². The first kappa shape index (κ1) is 15.8. The molecule has 0 heterocycles. The van der Waals surface area contributed by atoms with Crippen LogP contribution in [-0.2, 0) is 19.0 Å². The molecule has 0 aromatic heterocycles. The highest BCUT2D eigenvalue weighted by molar-refractivity contribution is 5.71. The molecule has 2 unspecified atom stereocenters. The normalized spacial score (nSPS) is 14.4. The third-order valence-corrected chi connectivity index (χ3v) is 2.52. The molecule has 0 aliphatic carbocycles. The molecule has 2 atom stereocenters. The first-order chi connectivity index (χ1) is 7.96. The highest BCUT2D eigenvalue weighted by Gasteiger charge is 2.30. The van der Waals surface area contributed by atoms with E-state index in [2.05, 4.69) is 4.74 Å². The van der Waals surface area contributed by atoms with Crippen LogP contribution in [0.5, 0.6) is 0 Å². The minimum absolute atomic E-state index is 0.0985. The van der Waals surface area contributed by atoms with E-state index in [1.54, 1.807) is 6.92 Å². The van der Waals surface area contributed by atoms with Gasteiger partial charge in [0.2, 0.25) is 6.04 Å². The van der Waals surface area contributed by atoms with Gasteiger partial charge in [0.15, 0.2) is 6.29 Å². The van der Waals surface area contributed by atoms with Gasteiger partial charge in [0.1, 0.15) is 0 Å². The van der Waals surface area contributed by atoms with E-state index < -0.39 is 29.1 Å². The van der Waals surface area contributed by atoms with Crippen molar-refractivity contribution in [2.45, 2.75) is 32.1 Å². The molecule has 7 heteroatoms. The number of nitrogens with zero attached hydrogens (tertiary/aromatic N) is 1. The van der Waals surface area contributed by atoms with E-state index in [0.29, 0.717) is 0 Å². The second kappa shape index (κ2) is 7.97. The van der Waals surface area contributed by atoms with Gasteiger partial charge in [0.05, 0.1) is 19.4 Å². The third kappa shape index (κ3) is 5.60.